The van der Waals surface area contributed by atoms with Crippen LogP contribution in [0.1, 0.15) is 5.56 Å². The molecule has 2 rings (SSSR count). The molecule has 0 aromatic heterocycles. The number of phenolic OH excluding ortho intramolecular Hbond substituents is 1. The van der Waals surface area contributed by atoms with Gasteiger partial charge in [0.05, 0.1) is 5.75 Å². The van der Waals surface area contributed by atoms with E-state index in [-0.39, 0.29) is 11.7 Å². The third-order valence-electron chi connectivity index (χ3n) is 2.61. The number of amides is 1. The summed E-state index contributed by atoms with van der Waals surface area (Å²) < 4.78 is 0. The zero-order valence-electron chi connectivity index (χ0n) is 10.7. The fourth-order valence-corrected chi connectivity index (χ4v) is 2.40. The van der Waals surface area contributed by atoms with Gasteiger partial charge in [0.25, 0.3) is 0 Å². The third-order valence-corrected chi connectivity index (χ3v) is 3.87. The maximum atomic E-state index is 11.7. The highest BCUT2D eigenvalue weighted by atomic mass is 35.5. The van der Waals surface area contributed by atoms with Crippen molar-refractivity contribution in [1.82, 2.24) is 5.32 Å². The molecule has 2 aromatic carbocycles. The minimum atomic E-state index is -0.0296. The molecule has 0 aliphatic heterocycles. The molecule has 0 fully saturated rings. The summed E-state index contributed by atoms with van der Waals surface area (Å²) in [6.45, 7) is 0.492. The van der Waals surface area contributed by atoms with E-state index in [9.17, 15) is 4.79 Å². The number of hydrogen-bond donors (Lipinski definition) is 2. The zero-order valence-corrected chi connectivity index (χ0v) is 12.2. The predicted octanol–water partition coefficient (Wildman–Crippen LogP) is 3.45. The van der Waals surface area contributed by atoms with Gasteiger partial charge in [0.15, 0.2) is 0 Å². The van der Waals surface area contributed by atoms with Crippen molar-refractivity contribution in [2.75, 3.05) is 5.75 Å². The second kappa shape index (κ2) is 7.22. The lowest BCUT2D eigenvalue weighted by molar-refractivity contribution is -0.118. The number of halogens is 1. The lowest BCUT2D eigenvalue weighted by atomic mass is 10.2. The molecule has 0 aliphatic carbocycles. The van der Waals surface area contributed by atoms with Gasteiger partial charge in [0.1, 0.15) is 5.75 Å². The van der Waals surface area contributed by atoms with Crippen molar-refractivity contribution in [3.63, 3.8) is 0 Å². The summed E-state index contributed by atoms with van der Waals surface area (Å²) in [4.78, 5) is 12.7. The van der Waals surface area contributed by atoms with Crippen LogP contribution in [0.5, 0.6) is 5.75 Å². The van der Waals surface area contributed by atoms with Gasteiger partial charge >= 0.3 is 0 Å². The number of benzene rings is 2. The molecule has 0 unspecified atom stereocenters. The minimum Gasteiger partial charge on any atom is -0.508 e. The third kappa shape index (κ3) is 4.79. The summed E-state index contributed by atoms with van der Waals surface area (Å²) in [5.74, 6) is 0.540. The Kier molecular flexibility index (Phi) is 5.32. The molecule has 20 heavy (non-hydrogen) atoms. The Hall–Kier alpha value is -1.65. The lowest BCUT2D eigenvalue weighted by Crippen LogP contribution is -2.24. The van der Waals surface area contributed by atoms with E-state index in [1.165, 1.54) is 11.8 Å². The molecule has 0 spiro atoms. The van der Waals surface area contributed by atoms with E-state index in [4.69, 9.17) is 16.7 Å². The Bertz CT molecular complexity index is 518. The van der Waals surface area contributed by atoms with Crippen LogP contribution >= 0.6 is 23.4 Å². The number of carbonyl (C=O) groups is 1. The van der Waals surface area contributed by atoms with Crippen molar-refractivity contribution in [2.24, 2.45) is 0 Å². The molecule has 5 heteroatoms. The first-order chi connectivity index (χ1) is 9.63. The molecule has 0 radical (unpaired) electrons. The zero-order chi connectivity index (χ0) is 14.4. The molecule has 0 atom stereocenters. The Balaban J connectivity index is 1.75. The SMILES string of the molecule is O=C(CSc1ccc(O)cc1)NCc1ccc(Cl)cc1. The Morgan fingerprint density at radius 1 is 1.10 bits per heavy atom. The van der Waals surface area contributed by atoms with E-state index >= 15 is 0 Å². The number of phenols is 1. The molecule has 0 heterocycles. The van der Waals surface area contributed by atoms with Crippen molar-refractivity contribution in [2.45, 2.75) is 11.4 Å². The summed E-state index contributed by atoms with van der Waals surface area (Å²) >= 11 is 7.23. The van der Waals surface area contributed by atoms with Crippen LogP contribution in [-0.4, -0.2) is 16.8 Å². The fraction of sp³-hybridized carbons (Fsp3) is 0.133. The first-order valence-corrected chi connectivity index (χ1v) is 7.43. The standard InChI is InChI=1S/C15H14ClNO2S/c16-12-3-1-11(2-4-12)9-17-15(19)10-20-14-7-5-13(18)6-8-14/h1-8,18H,9-10H2,(H,17,19). The summed E-state index contributed by atoms with van der Waals surface area (Å²) in [5.41, 5.74) is 1.01. The normalized spacial score (nSPS) is 10.2. The smallest absolute Gasteiger partial charge is 0.230 e. The van der Waals surface area contributed by atoms with Crippen LogP contribution in [0.15, 0.2) is 53.4 Å². The average molecular weight is 308 g/mol. The second-order valence-electron chi connectivity index (χ2n) is 4.19. The van der Waals surface area contributed by atoms with Crippen LogP contribution in [0, 0.1) is 0 Å². The van der Waals surface area contributed by atoms with E-state index in [0.29, 0.717) is 17.3 Å². The highest BCUT2D eigenvalue weighted by Gasteiger charge is 2.03. The van der Waals surface area contributed by atoms with Crippen LogP contribution < -0.4 is 5.32 Å². The summed E-state index contributed by atoms with van der Waals surface area (Å²) in [6.07, 6.45) is 0. The maximum Gasteiger partial charge on any atom is 0.230 e. The quantitative estimate of drug-likeness (QED) is 0.832. The number of nitrogens with one attached hydrogen (secondary N) is 1. The number of hydrogen-bond acceptors (Lipinski definition) is 3. The van der Waals surface area contributed by atoms with E-state index in [0.717, 1.165) is 10.5 Å². The van der Waals surface area contributed by atoms with E-state index < -0.39 is 0 Å². The van der Waals surface area contributed by atoms with Crippen LogP contribution in [0.4, 0.5) is 0 Å². The van der Waals surface area contributed by atoms with Crippen molar-refractivity contribution >= 4 is 29.3 Å². The van der Waals surface area contributed by atoms with Gasteiger partial charge in [-0.1, -0.05) is 23.7 Å². The molecular weight excluding hydrogens is 294 g/mol. The molecule has 0 aliphatic rings. The topological polar surface area (TPSA) is 49.3 Å². The van der Waals surface area contributed by atoms with E-state index in [1.807, 2.05) is 12.1 Å². The van der Waals surface area contributed by atoms with Crippen LogP contribution in [0.2, 0.25) is 5.02 Å². The number of thioether (sulfide) groups is 1. The highest BCUT2D eigenvalue weighted by Crippen LogP contribution is 2.20. The molecule has 3 nitrogen and oxygen atoms in total. The Labute approximate surface area is 127 Å². The lowest BCUT2D eigenvalue weighted by Gasteiger charge is -2.05. The van der Waals surface area contributed by atoms with Crippen molar-refractivity contribution in [3.05, 3.63) is 59.1 Å². The summed E-state index contributed by atoms with van der Waals surface area (Å²) in [7, 11) is 0. The van der Waals surface area contributed by atoms with Gasteiger partial charge in [-0.2, -0.15) is 0 Å². The number of aromatic hydroxyl groups is 1. The van der Waals surface area contributed by atoms with Crippen LogP contribution in [-0.2, 0) is 11.3 Å². The van der Waals surface area contributed by atoms with Gasteiger partial charge in [0.2, 0.25) is 5.91 Å². The second-order valence-corrected chi connectivity index (χ2v) is 5.67. The summed E-state index contributed by atoms with van der Waals surface area (Å²) in [5, 5.41) is 12.7. The van der Waals surface area contributed by atoms with Gasteiger partial charge < -0.3 is 10.4 Å². The Morgan fingerprint density at radius 3 is 2.40 bits per heavy atom. The van der Waals surface area contributed by atoms with Gasteiger partial charge in [-0.05, 0) is 42.0 Å². The average Bonchev–Trinajstić information content (AvgIpc) is 2.46. The largest absolute Gasteiger partial charge is 0.508 e. The Morgan fingerprint density at radius 2 is 1.75 bits per heavy atom. The van der Waals surface area contributed by atoms with Crippen molar-refractivity contribution in [3.8, 4) is 5.75 Å². The van der Waals surface area contributed by atoms with Crippen molar-refractivity contribution in [1.29, 1.82) is 0 Å². The molecule has 0 bridgehead atoms. The first kappa shape index (κ1) is 14.8. The molecule has 2 aromatic rings. The van der Waals surface area contributed by atoms with Gasteiger partial charge in [-0.3, -0.25) is 4.79 Å². The fourth-order valence-electron chi connectivity index (χ4n) is 1.55. The predicted molar refractivity (Wildman–Crippen MR) is 82.1 cm³/mol. The molecule has 104 valence electrons. The highest BCUT2D eigenvalue weighted by molar-refractivity contribution is 8.00. The number of carbonyl (C=O) groups excluding carboxylic acids is 1. The van der Waals surface area contributed by atoms with E-state index in [1.54, 1.807) is 36.4 Å². The van der Waals surface area contributed by atoms with Gasteiger partial charge in [0, 0.05) is 16.5 Å². The molecule has 1 amide bonds. The van der Waals surface area contributed by atoms with Crippen LogP contribution in [0.25, 0.3) is 0 Å². The molecule has 0 saturated carbocycles. The van der Waals surface area contributed by atoms with Crippen LogP contribution in [0.3, 0.4) is 0 Å². The van der Waals surface area contributed by atoms with Crippen molar-refractivity contribution < 1.29 is 9.90 Å². The van der Waals surface area contributed by atoms with Gasteiger partial charge in [-0.15, -0.1) is 11.8 Å². The molecule has 2 N–H and O–H groups in total. The number of rotatable bonds is 5. The molecular formula is C15H14ClNO2S. The monoisotopic (exact) mass is 307 g/mol. The molecule has 0 saturated heterocycles. The maximum absolute atomic E-state index is 11.7. The van der Waals surface area contributed by atoms with E-state index in [2.05, 4.69) is 5.32 Å². The van der Waals surface area contributed by atoms with Gasteiger partial charge in [-0.25, -0.2) is 0 Å². The first-order valence-electron chi connectivity index (χ1n) is 6.06. The summed E-state index contributed by atoms with van der Waals surface area (Å²) in [6, 6.07) is 14.1. The minimum absolute atomic E-state index is 0.0296.